The van der Waals surface area contributed by atoms with Crippen LogP contribution in [0.2, 0.25) is 0 Å². The molecule has 0 aromatic rings. The molecule has 2 aliphatic heterocycles. The van der Waals surface area contributed by atoms with E-state index in [2.05, 4.69) is 13.2 Å². The molecule has 2 heterocycles. The lowest BCUT2D eigenvalue weighted by Crippen LogP contribution is -2.40. The van der Waals surface area contributed by atoms with Crippen LogP contribution in [0.1, 0.15) is 19.3 Å². The van der Waals surface area contributed by atoms with E-state index in [9.17, 15) is 0 Å². The smallest absolute Gasteiger partial charge is 0.117 e. The van der Waals surface area contributed by atoms with Crippen LogP contribution in [0, 0.1) is 5.92 Å². The summed E-state index contributed by atoms with van der Waals surface area (Å²) >= 11 is 0. The zero-order chi connectivity index (χ0) is 10.7. The first kappa shape index (κ1) is 10.6. The lowest BCUT2D eigenvalue weighted by Gasteiger charge is -2.31. The summed E-state index contributed by atoms with van der Waals surface area (Å²) in [6, 6.07) is 0. The van der Waals surface area contributed by atoms with Crippen molar-refractivity contribution in [3.8, 4) is 0 Å². The van der Waals surface area contributed by atoms with Crippen molar-refractivity contribution in [2.24, 2.45) is 5.92 Å². The molecule has 84 valence electrons. The van der Waals surface area contributed by atoms with Gasteiger partial charge in [0.2, 0.25) is 0 Å². The van der Waals surface area contributed by atoms with Crippen LogP contribution in [0.25, 0.3) is 0 Å². The number of hydrogen-bond acceptors (Lipinski definition) is 3. The van der Waals surface area contributed by atoms with Crippen LogP contribution in [0.3, 0.4) is 0 Å². The Balaban J connectivity index is 1.98. The Labute approximate surface area is 90.7 Å². The van der Waals surface area contributed by atoms with E-state index in [-0.39, 0.29) is 5.60 Å². The molecule has 2 bridgehead atoms. The van der Waals surface area contributed by atoms with Crippen LogP contribution in [0.4, 0.5) is 0 Å². The molecule has 3 unspecified atom stereocenters. The van der Waals surface area contributed by atoms with E-state index in [1.807, 2.05) is 0 Å². The van der Waals surface area contributed by atoms with E-state index < -0.39 is 0 Å². The van der Waals surface area contributed by atoms with Gasteiger partial charge in [0.15, 0.2) is 0 Å². The average molecular weight is 210 g/mol. The van der Waals surface area contributed by atoms with Crippen molar-refractivity contribution in [3.63, 3.8) is 0 Å². The van der Waals surface area contributed by atoms with Gasteiger partial charge in [-0.2, -0.15) is 0 Å². The molecule has 3 heteroatoms. The Morgan fingerprint density at radius 3 is 2.80 bits per heavy atom. The van der Waals surface area contributed by atoms with Crippen LogP contribution in [0.5, 0.6) is 0 Å². The monoisotopic (exact) mass is 210 g/mol. The van der Waals surface area contributed by atoms with E-state index in [4.69, 9.17) is 14.2 Å². The van der Waals surface area contributed by atoms with Gasteiger partial charge in [0.05, 0.1) is 25.2 Å². The standard InChI is InChI=1S/C12H18O3/c1-3-13-8-10-7-11-5-6-12(10,15-11)9-14-4-2/h3-4,10-11H,1-2,5-9H2. The van der Waals surface area contributed by atoms with Crippen LogP contribution in [-0.4, -0.2) is 24.9 Å². The fraction of sp³-hybridized carbons (Fsp3) is 0.667. The molecule has 0 aromatic heterocycles. The molecule has 2 saturated heterocycles. The van der Waals surface area contributed by atoms with Gasteiger partial charge in [-0.15, -0.1) is 0 Å². The fourth-order valence-electron chi connectivity index (χ4n) is 2.68. The molecule has 2 aliphatic rings. The van der Waals surface area contributed by atoms with Crippen molar-refractivity contribution in [2.75, 3.05) is 13.2 Å². The predicted octanol–water partition coefficient (Wildman–Crippen LogP) is 2.24. The van der Waals surface area contributed by atoms with Gasteiger partial charge in [0.1, 0.15) is 12.2 Å². The van der Waals surface area contributed by atoms with E-state index in [1.54, 1.807) is 0 Å². The summed E-state index contributed by atoms with van der Waals surface area (Å²) in [6.45, 7) is 8.40. The fourth-order valence-corrected chi connectivity index (χ4v) is 2.68. The van der Waals surface area contributed by atoms with Crippen molar-refractivity contribution >= 4 is 0 Å². The Hall–Kier alpha value is -0.960. The summed E-state index contributed by atoms with van der Waals surface area (Å²) in [6.07, 6.45) is 6.66. The quantitative estimate of drug-likeness (QED) is 0.629. The summed E-state index contributed by atoms with van der Waals surface area (Å²) in [4.78, 5) is 0. The maximum absolute atomic E-state index is 5.98. The van der Waals surface area contributed by atoms with Gasteiger partial charge in [-0.3, -0.25) is 0 Å². The van der Waals surface area contributed by atoms with Crippen molar-refractivity contribution < 1.29 is 14.2 Å². The molecule has 3 nitrogen and oxygen atoms in total. The molecule has 0 aliphatic carbocycles. The Bertz CT molecular complexity index is 251. The van der Waals surface area contributed by atoms with Gasteiger partial charge >= 0.3 is 0 Å². The van der Waals surface area contributed by atoms with Crippen molar-refractivity contribution in [3.05, 3.63) is 25.7 Å². The maximum atomic E-state index is 5.98. The molecule has 2 fully saturated rings. The molecule has 0 aromatic carbocycles. The summed E-state index contributed by atoms with van der Waals surface area (Å²) in [5.41, 5.74) is -0.137. The van der Waals surface area contributed by atoms with Crippen molar-refractivity contribution in [2.45, 2.75) is 31.0 Å². The third-order valence-corrected chi connectivity index (χ3v) is 3.44. The first-order valence-electron chi connectivity index (χ1n) is 5.43. The summed E-state index contributed by atoms with van der Waals surface area (Å²) in [5.74, 6) is 0.425. The summed E-state index contributed by atoms with van der Waals surface area (Å²) in [7, 11) is 0. The molecule has 0 spiro atoms. The Morgan fingerprint density at radius 2 is 2.13 bits per heavy atom. The number of fused-ring (bicyclic) bond motifs is 2. The molecule has 0 saturated carbocycles. The molecule has 0 N–H and O–H groups in total. The summed E-state index contributed by atoms with van der Waals surface area (Å²) < 4.78 is 16.6. The summed E-state index contributed by atoms with van der Waals surface area (Å²) in [5, 5.41) is 0. The van der Waals surface area contributed by atoms with Crippen LogP contribution in [-0.2, 0) is 14.2 Å². The highest BCUT2D eigenvalue weighted by Gasteiger charge is 2.54. The molecular weight excluding hydrogens is 192 g/mol. The number of hydrogen-bond donors (Lipinski definition) is 0. The minimum Gasteiger partial charge on any atom is -0.501 e. The SMILES string of the molecule is C=COCC1CC2CCC1(COC=C)O2. The molecule has 0 radical (unpaired) electrons. The van der Waals surface area contributed by atoms with E-state index >= 15 is 0 Å². The molecule has 3 atom stereocenters. The van der Waals surface area contributed by atoms with Gasteiger partial charge in [-0.1, -0.05) is 13.2 Å². The van der Waals surface area contributed by atoms with Crippen LogP contribution >= 0.6 is 0 Å². The second-order valence-electron chi connectivity index (χ2n) is 4.25. The van der Waals surface area contributed by atoms with E-state index in [0.29, 0.717) is 25.2 Å². The molecular formula is C12H18O3. The van der Waals surface area contributed by atoms with E-state index in [1.165, 1.54) is 12.5 Å². The highest BCUT2D eigenvalue weighted by atomic mass is 16.6. The van der Waals surface area contributed by atoms with Gasteiger partial charge in [-0.05, 0) is 19.3 Å². The van der Waals surface area contributed by atoms with Gasteiger partial charge in [0, 0.05) is 5.92 Å². The largest absolute Gasteiger partial charge is 0.501 e. The van der Waals surface area contributed by atoms with E-state index in [0.717, 1.165) is 19.3 Å². The minimum atomic E-state index is -0.137. The highest BCUT2D eigenvalue weighted by Crippen LogP contribution is 2.48. The second kappa shape index (κ2) is 4.27. The van der Waals surface area contributed by atoms with Crippen molar-refractivity contribution in [1.29, 1.82) is 0 Å². The van der Waals surface area contributed by atoms with Crippen molar-refractivity contribution in [1.82, 2.24) is 0 Å². The highest BCUT2D eigenvalue weighted by molar-refractivity contribution is 5.02. The zero-order valence-electron chi connectivity index (χ0n) is 8.98. The second-order valence-corrected chi connectivity index (χ2v) is 4.25. The average Bonchev–Trinajstić information content (AvgIpc) is 2.81. The van der Waals surface area contributed by atoms with Gasteiger partial charge < -0.3 is 14.2 Å². The topological polar surface area (TPSA) is 27.7 Å². The third kappa shape index (κ3) is 1.88. The minimum absolute atomic E-state index is 0.137. The lowest BCUT2D eigenvalue weighted by atomic mass is 9.79. The lowest BCUT2D eigenvalue weighted by molar-refractivity contribution is -0.0623. The molecule has 15 heavy (non-hydrogen) atoms. The first-order chi connectivity index (χ1) is 7.30. The van der Waals surface area contributed by atoms with Gasteiger partial charge in [0.25, 0.3) is 0 Å². The maximum Gasteiger partial charge on any atom is 0.117 e. The van der Waals surface area contributed by atoms with Crippen LogP contribution < -0.4 is 0 Å². The molecule has 0 amide bonds. The number of rotatable bonds is 6. The third-order valence-electron chi connectivity index (χ3n) is 3.44. The zero-order valence-corrected chi connectivity index (χ0v) is 8.98. The predicted molar refractivity (Wildman–Crippen MR) is 57.2 cm³/mol. The van der Waals surface area contributed by atoms with Gasteiger partial charge in [-0.25, -0.2) is 0 Å². The Kier molecular flexibility index (Phi) is 3.00. The number of ether oxygens (including phenoxy) is 3. The normalized spacial score (nSPS) is 37.6. The first-order valence-corrected chi connectivity index (χ1v) is 5.43. The molecule has 2 rings (SSSR count). The Morgan fingerprint density at radius 1 is 1.33 bits per heavy atom. The van der Waals surface area contributed by atoms with Crippen LogP contribution in [0.15, 0.2) is 25.7 Å².